The fourth-order valence-corrected chi connectivity index (χ4v) is 2.56. The third-order valence-corrected chi connectivity index (χ3v) is 3.55. The number of carbonyl (C=O) groups excluding carboxylic acids is 1. The molecule has 0 N–H and O–H groups in total. The first kappa shape index (κ1) is 14.7. The van der Waals surface area contributed by atoms with Crippen LogP contribution in [0.25, 0.3) is 10.2 Å². The summed E-state index contributed by atoms with van der Waals surface area (Å²) in [7, 11) is 0. The molecule has 0 atom stereocenters. The maximum Gasteiger partial charge on any atom is 0.326 e. The third-order valence-electron chi connectivity index (χ3n) is 2.26. The number of rotatable bonds is 3. The smallest absolute Gasteiger partial charge is 0.326 e. The first-order valence-electron chi connectivity index (χ1n) is 5.17. The Morgan fingerprint density at radius 1 is 1.32 bits per heavy atom. The second-order valence-electron chi connectivity index (χ2n) is 3.70. The highest BCUT2D eigenvalue weighted by molar-refractivity contribution is 7.16. The summed E-state index contributed by atoms with van der Waals surface area (Å²) in [4.78, 5) is 23.1. The molecule has 0 fully saturated rings. The van der Waals surface area contributed by atoms with Gasteiger partial charge in [0, 0.05) is 0 Å². The molecule has 0 aliphatic heterocycles. The van der Waals surface area contributed by atoms with Crippen molar-refractivity contribution in [3.8, 4) is 0 Å². The van der Waals surface area contributed by atoms with Crippen LogP contribution in [-0.4, -0.2) is 20.9 Å². The molecule has 0 aliphatic carbocycles. The zero-order valence-electron chi connectivity index (χ0n) is 9.44. The Morgan fingerprint density at radius 2 is 2.00 bits per heavy atom. The van der Waals surface area contributed by atoms with Gasteiger partial charge in [0.05, 0.1) is 10.2 Å². The van der Waals surface area contributed by atoms with Gasteiger partial charge in [0.2, 0.25) is 3.79 Å². The fourth-order valence-electron chi connectivity index (χ4n) is 1.50. The number of nitrogens with zero attached hydrogens (tertiary/aromatic N) is 1. The normalized spacial score (nSPS) is 11.7. The largest absolute Gasteiger partial charge is 0.460 e. The lowest BCUT2D eigenvalue weighted by atomic mass is 10.3. The van der Waals surface area contributed by atoms with E-state index in [1.165, 1.54) is 4.57 Å². The van der Waals surface area contributed by atoms with Crippen LogP contribution < -0.4 is 4.87 Å². The number of esters is 1. The van der Waals surface area contributed by atoms with Crippen molar-refractivity contribution in [2.24, 2.45) is 0 Å². The van der Waals surface area contributed by atoms with Gasteiger partial charge in [-0.25, -0.2) is 0 Å². The number of alkyl halides is 3. The van der Waals surface area contributed by atoms with Gasteiger partial charge in [-0.15, -0.1) is 0 Å². The predicted molar refractivity (Wildman–Crippen MR) is 77.3 cm³/mol. The van der Waals surface area contributed by atoms with Gasteiger partial charge < -0.3 is 4.74 Å². The summed E-state index contributed by atoms with van der Waals surface area (Å²) < 4.78 is 5.28. The van der Waals surface area contributed by atoms with Crippen LogP contribution in [0.3, 0.4) is 0 Å². The topological polar surface area (TPSA) is 48.3 Å². The van der Waals surface area contributed by atoms with Gasteiger partial charge in [-0.05, 0) is 12.1 Å². The van der Waals surface area contributed by atoms with Gasteiger partial charge in [0.15, 0.2) is 0 Å². The minimum Gasteiger partial charge on any atom is -0.460 e. The van der Waals surface area contributed by atoms with E-state index < -0.39 is 9.76 Å². The zero-order chi connectivity index (χ0) is 14.0. The molecule has 1 aromatic heterocycles. The molecule has 2 rings (SSSR count). The molecule has 2 aromatic rings. The highest BCUT2D eigenvalue weighted by Gasteiger charge is 2.22. The van der Waals surface area contributed by atoms with Gasteiger partial charge in [-0.2, -0.15) is 0 Å². The number of hydrogen-bond donors (Lipinski definition) is 0. The SMILES string of the molecule is O=C(Cn1c(=O)sc2ccccc21)OCC(Cl)(Cl)Cl. The number of hydrogen-bond acceptors (Lipinski definition) is 4. The molecule has 0 radical (unpaired) electrons. The highest BCUT2D eigenvalue weighted by atomic mass is 35.6. The maximum atomic E-state index is 11.8. The average Bonchev–Trinajstić information content (AvgIpc) is 2.63. The van der Waals surface area contributed by atoms with E-state index in [2.05, 4.69) is 0 Å². The first-order chi connectivity index (χ1) is 8.87. The Balaban J connectivity index is 2.15. The first-order valence-corrected chi connectivity index (χ1v) is 7.12. The summed E-state index contributed by atoms with van der Waals surface area (Å²) in [6.07, 6.45) is 0. The molecule has 0 saturated heterocycles. The van der Waals surface area contributed by atoms with Gasteiger partial charge in [0.1, 0.15) is 13.2 Å². The molecule has 0 aliphatic rings. The molecule has 0 saturated carbocycles. The van der Waals surface area contributed by atoms with Crippen LogP contribution in [0.4, 0.5) is 0 Å². The molecular weight excluding hydrogens is 333 g/mol. The zero-order valence-corrected chi connectivity index (χ0v) is 12.5. The van der Waals surface area contributed by atoms with Crippen molar-refractivity contribution in [3.63, 3.8) is 0 Å². The highest BCUT2D eigenvalue weighted by Crippen LogP contribution is 2.26. The van der Waals surface area contributed by atoms with Crippen LogP contribution in [0.5, 0.6) is 0 Å². The van der Waals surface area contributed by atoms with Crippen LogP contribution in [0, 0.1) is 0 Å². The van der Waals surface area contributed by atoms with Crippen molar-refractivity contribution in [2.45, 2.75) is 10.3 Å². The van der Waals surface area contributed by atoms with E-state index in [4.69, 9.17) is 39.5 Å². The second kappa shape index (κ2) is 5.71. The van der Waals surface area contributed by atoms with E-state index in [1.54, 1.807) is 12.1 Å². The molecule has 102 valence electrons. The van der Waals surface area contributed by atoms with E-state index >= 15 is 0 Å². The van der Waals surface area contributed by atoms with Crippen LogP contribution in [0.15, 0.2) is 29.1 Å². The average molecular weight is 341 g/mol. The number of ether oxygens (including phenoxy) is 1. The summed E-state index contributed by atoms with van der Waals surface area (Å²) in [5.74, 6) is -0.628. The van der Waals surface area contributed by atoms with Crippen molar-refractivity contribution in [2.75, 3.05) is 6.61 Å². The lowest BCUT2D eigenvalue weighted by molar-refractivity contribution is -0.144. The Kier molecular flexibility index (Phi) is 4.40. The van der Waals surface area contributed by atoms with Crippen molar-refractivity contribution in [1.82, 2.24) is 4.57 Å². The van der Waals surface area contributed by atoms with E-state index in [1.807, 2.05) is 12.1 Å². The molecule has 19 heavy (non-hydrogen) atoms. The number of benzene rings is 1. The lowest BCUT2D eigenvalue weighted by Crippen LogP contribution is -2.24. The van der Waals surface area contributed by atoms with E-state index in [9.17, 15) is 9.59 Å². The molecule has 8 heteroatoms. The minimum absolute atomic E-state index is 0.205. The molecule has 0 bridgehead atoms. The van der Waals surface area contributed by atoms with E-state index in [-0.39, 0.29) is 18.0 Å². The molecule has 4 nitrogen and oxygen atoms in total. The quantitative estimate of drug-likeness (QED) is 0.637. The van der Waals surface area contributed by atoms with Crippen LogP contribution in [-0.2, 0) is 16.1 Å². The molecule has 0 spiro atoms. The Hall–Kier alpha value is -0.750. The minimum atomic E-state index is -1.66. The number of fused-ring (bicyclic) bond motifs is 1. The van der Waals surface area contributed by atoms with Crippen LogP contribution >= 0.6 is 46.1 Å². The van der Waals surface area contributed by atoms with Crippen molar-refractivity contribution in [1.29, 1.82) is 0 Å². The molecular formula is C11H8Cl3NO3S. The van der Waals surface area contributed by atoms with Crippen molar-refractivity contribution < 1.29 is 9.53 Å². The fraction of sp³-hybridized carbons (Fsp3) is 0.273. The summed E-state index contributed by atoms with van der Waals surface area (Å²) in [6.45, 7) is -0.559. The molecule has 1 aromatic carbocycles. The van der Waals surface area contributed by atoms with E-state index in [0.717, 1.165) is 16.0 Å². The Bertz CT molecular complexity index is 659. The van der Waals surface area contributed by atoms with Gasteiger partial charge in [0.25, 0.3) is 0 Å². The number of aromatic nitrogens is 1. The van der Waals surface area contributed by atoms with Gasteiger partial charge in [-0.3, -0.25) is 14.2 Å². The number of para-hydroxylation sites is 1. The number of halogens is 3. The van der Waals surface area contributed by atoms with Gasteiger partial charge in [-0.1, -0.05) is 58.3 Å². The maximum absolute atomic E-state index is 11.8. The van der Waals surface area contributed by atoms with Crippen LogP contribution in [0.1, 0.15) is 0 Å². The third kappa shape index (κ3) is 3.86. The Labute approximate surface area is 127 Å². The Morgan fingerprint density at radius 3 is 2.68 bits per heavy atom. The van der Waals surface area contributed by atoms with Gasteiger partial charge >= 0.3 is 10.8 Å². The van der Waals surface area contributed by atoms with Crippen molar-refractivity contribution in [3.05, 3.63) is 33.9 Å². The summed E-state index contributed by atoms with van der Waals surface area (Å²) in [6, 6.07) is 7.18. The molecule has 0 amide bonds. The standard InChI is InChI=1S/C11H8Cl3NO3S/c12-11(13,14)6-18-9(16)5-15-7-3-1-2-4-8(7)19-10(15)17/h1-4H,5-6H2. The number of carbonyl (C=O) groups is 1. The van der Waals surface area contributed by atoms with E-state index in [0.29, 0.717) is 5.52 Å². The summed E-state index contributed by atoms with van der Waals surface area (Å²) in [5, 5.41) is 0. The summed E-state index contributed by atoms with van der Waals surface area (Å²) >= 11 is 17.5. The lowest BCUT2D eigenvalue weighted by Gasteiger charge is -2.11. The molecule has 0 unspecified atom stereocenters. The predicted octanol–water partition coefficient (Wildman–Crippen LogP) is 2.98. The second-order valence-corrected chi connectivity index (χ2v) is 7.21. The number of thiazole rings is 1. The van der Waals surface area contributed by atoms with Crippen molar-refractivity contribution >= 4 is 62.3 Å². The summed E-state index contributed by atoms with van der Waals surface area (Å²) in [5.41, 5.74) is 0.684. The monoisotopic (exact) mass is 339 g/mol. The van der Waals surface area contributed by atoms with Crippen LogP contribution in [0.2, 0.25) is 0 Å². The molecule has 1 heterocycles.